The lowest BCUT2D eigenvalue weighted by Gasteiger charge is -2.16. The Morgan fingerprint density at radius 2 is 0.526 bits per heavy atom. The molecule has 0 aliphatic heterocycles. The molecule has 0 aliphatic carbocycles. The van der Waals surface area contributed by atoms with Gasteiger partial charge in [0.05, 0.1) is 18.6 Å². The van der Waals surface area contributed by atoms with Crippen LogP contribution in [-0.4, -0.2) is 58.6 Å². The molecule has 0 radical (unpaired) electrons. The van der Waals surface area contributed by atoms with Gasteiger partial charge in [0.2, 0.25) is 0 Å². The van der Waals surface area contributed by atoms with Crippen LogP contribution in [0.4, 0.5) is 0 Å². The summed E-state index contributed by atoms with van der Waals surface area (Å²) in [5, 5.41) is 0. The van der Waals surface area contributed by atoms with Crippen molar-refractivity contribution in [2.45, 2.75) is 62.3 Å². The van der Waals surface area contributed by atoms with Gasteiger partial charge in [0.25, 0.3) is 0 Å². The third kappa shape index (κ3) is 8.20. The van der Waals surface area contributed by atoms with Gasteiger partial charge >= 0.3 is 0 Å². The van der Waals surface area contributed by atoms with Gasteiger partial charge in [-0.3, -0.25) is 13.7 Å². The van der Waals surface area contributed by atoms with E-state index in [9.17, 15) is 0 Å². The molecule has 378 valence electrons. The van der Waals surface area contributed by atoms with Gasteiger partial charge in [0.15, 0.2) is 16.9 Å². The molecule has 13 aromatic rings. The molecule has 13 rings (SSSR count). The third-order valence-corrected chi connectivity index (χ3v) is 15.0. The van der Waals surface area contributed by atoms with Crippen molar-refractivity contribution in [1.29, 1.82) is 0 Å². The van der Waals surface area contributed by atoms with Crippen molar-refractivity contribution in [2.75, 3.05) is 0 Å². The Morgan fingerprint density at radius 3 is 0.769 bits per heavy atom. The topological polar surface area (TPSA) is 131 Å². The summed E-state index contributed by atoms with van der Waals surface area (Å²) in [7, 11) is 0. The maximum Gasteiger partial charge on any atom is 0.181 e. The van der Waals surface area contributed by atoms with Gasteiger partial charge in [-0.25, -0.2) is 44.9 Å². The fraction of sp³-hybridized carbons (Fsp3) is 0.136. The lowest BCUT2D eigenvalue weighted by molar-refractivity contribution is 1.08. The summed E-state index contributed by atoms with van der Waals surface area (Å²) in [6, 6.07) is 46.4. The molecule has 0 aliphatic rings. The highest BCUT2D eigenvalue weighted by Gasteiger charge is 2.23. The van der Waals surface area contributed by atoms with E-state index < -0.39 is 0 Å². The molecular weight excluding hydrogens is 961 g/mol. The SMILES string of the molecule is Cc1cc(C)c(-c2nc3ncncc3n2-c2ccc(-c3cc(-c4ccc(-n5c(-c6c(C)cc(C)cc6C)nc6ncncc65)cc4)cc(-c4ccc(-n5c(-c6c(C)cc(C)cc6C)nc6ncncc65)cc4)c3)cc2)c(C)c1. The van der Waals surface area contributed by atoms with Crippen LogP contribution in [0.1, 0.15) is 50.1 Å². The van der Waals surface area contributed by atoms with Crippen molar-refractivity contribution in [1.82, 2.24) is 58.6 Å². The lowest BCUT2D eigenvalue weighted by Crippen LogP contribution is -2.01. The van der Waals surface area contributed by atoms with Gasteiger partial charge in [0, 0.05) is 33.8 Å². The van der Waals surface area contributed by atoms with Crippen LogP contribution < -0.4 is 0 Å². The summed E-state index contributed by atoms with van der Waals surface area (Å²) < 4.78 is 6.54. The third-order valence-electron chi connectivity index (χ3n) is 15.0. The van der Waals surface area contributed by atoms with E-state index in [-0.39, 0.29) is 0 Å². The Labute approximate surface area is 452 Å². The van der Waals surface area contributed by atoms with Crippen molar-refractivity contribution in [3.05, 3.63) is 215 Å². The van der Waals surface area contributed by atoms with E-state index in [0.29, 0.717) is 16.9 Å². The van der Waals surface area contributed by atoms with Crippen LogP contribution in [0.3, 0.4) is 0 Å². The zero-order chi connectivity index (χ0) is 53.5. The zero-order valence-electron chi connectivity index (χ0n) is 45.0. The monoisotopic (exact) mass is 1010 g/mol. The number of hydrogen-bond acceptors (Lipinski definition) is 9. The van der Waals surface area contributed by atoms with Crippen molar-refractivity contribution in [2.24, 2.45) is 0 Å². The summed E-state index contributed by atoms with van der Waals surface area (Å²) in [5.74, 6) is 2.51. The van der Waals surface area contributed by atoms with Gasteiger partial charge < -0.3 is 0 Å². The molecule has 78 heavy (non-hydrogen) atoms. The summed E-state index contributed by atoms with van der Waals surface area (Å²) in [6.45, 7) is 19.3. The summed E-state index contributed by atoms with van der Waals surface area (Å²) in [6.07, 6.45) is 10.2. The quantitative estimate of drug-likeness (QED) is 0.139. The second-order valence-electron chi connectivity index (χ2n) is 20.8. The minimum Gasteiger partial charge on any atom is -0.289 e. The molecule has 12 heteroatoms. The standard InChI is InChI=1S/C66H54N12/c1-37-22-40(4)58(41(5)23-37)64-73-61-55(31-67-34-70-61)76(64)52-16-10-46(11-17-52)49-28-50(47-12-18-53(19-13-47)77-56-32-68-35-71-62(56)74-65(77)59-42(6)24-38(2)25-43(59)7)30-51(29-49)48-14-20-54(21-15-48)78-57-33-69-36-72-63(57)75-66(78)60-44(8)26-39(3)27-45(60)9/h10-36H,1-9H3. The lowest BCUT2D eigenvalue weighted by atomic mass is 9.93. The number of rotatable bonds is 9. The van der Waals surface area contributed by atoms with Gasteiger partial charge in [-0.05, 0) is 184 Å². The van der Waals surface area contributed by atoms with Gasteiger partial charge in [0.1, 0.15) is 53.0 Å². The highest BCUT2D eigenvalue weighted by atomic mass is 15.2. The van der Waals surface area contributed by atoms with E-state index in [1.165, 1.54) is 16.7 Å². The van der Waals surface area contributed by atoms with E-state index >= 15 is 0 Å². The highest BCUT2D eigenvalue weighted by molar-refractivity contribution is 5.87. The first kappa shape index (κ1) is 47.9. The van der Waals surface area contributed by atoms with Crippen LogP contribution in [0.5, 0.6) is 0 Å². The number of aromatic nitrogens is 12. The molecule has 12 nitrogen and oxygen atoms in total. The average molecular weight is 1020 g/mol. The number of benzene rings is 7. The maximum atomic E-state index is 5.11. The van der Waals surface area contributed by atoms with Crippen LogP contribution >= 0.6 is 0 Å². The molecule has 0 unspecified atom stereocenters. The highest BCUT2D eigenvalue weighted by Crippen LogP contribution is 2.39. The van der Waals surface area contributed by atoms with Gasteiger partial charge in [-0.2, -0.15) is 0 Å². The Bertz CT molecular complexity index is 3980. The normalized spacial score (nSPS) is 11.7. The van der Waals surface area contributed by atoms with E-state index in [1.807, 2.05) is 18.6 Å². The zero-order valence-corrected chi connectivity index (χ0v) is 45.0. The van der Waals surface area contributed by atoms with Crippen molar-refractivity contribution < 1.29 is 0 Å². The fourth-order valence-electron chi connectivity index (χ4n) is 11.9. The molecule has 0 atom stereocenters. The van der Waals surface area contributed by atoms with E-state index in [4.69, 9.17) is 15.0 Å². The van der Waals surface area contributed by atoms with Crippen LogP contribution in [0.25, 0.3) is 118 Å². The minimum absolute atomic E-state index is 0.648. The van der Waals surface area contributed by atoms with Crippen LogP contribution in [0.2, 0.25) is 0 Å². The molecule has 0 spiro atoms. The molecule has 0 saturated heterocycles. The second kappa shape index (κ2) is 18.8. The Kier molecular flexibility index (Phi) is 11.5. The van der Waals surface area contributed by atoms with Crippen LogP contribution in [-0.2, 0) is 0 Å². The van der Waals surface area contributed by atoms with E-state index in [2.05, 4.69) is 233 Å². The first-order chi connectivity index (χ1) is 37.8. The molecule has 0 bridgehead atoms. The fourth-order valence-corrected chi connectivity index (χ4v) is 11.9. The molecule has 0 N–H and O–H groups in total. The van der Waals surface area contributed by atoms with Crippen LogP contribution in [0.15, 0.2) is 165 Å². The minimum atomic E-state index is 0.648. The predicted octanol–water partition coefficient (Wildman–Crippen LogP) is 14.9. The number of imidazole rings is 3. The van der Waals surface area contributed by atoms with Crippen molar-refractivity contribution in [3.8, 4) is 84.6 Å². The first-order valence-electron chi connectivity index (χ1n) is 26.1. The number of aryl methyl sites for hydroxylation is 9. The number of fused-ring (bicyclic) bond motifs is 3. The van der Waals surface area contributed by atoms with E-state index in [0.717, 1.165) is 135 Å². The van der Waals surface area contributed by atoms with Crippen LogP contribution in [0, 0.1) is 62.3 Å². The van der Waals surface area contributed by atoms with E-state index in [1.54, 1.807) is 19.0 Å². The first-order valence-corrected chi connectivity index (χ1v) is 26.1. The smallest absolute Gasteiger partial charge is 0.181 e. The second-order valence-corrected chi connectivity index (χ2v) is 20.8. The summed E-state index contributed by atoms with van der Waals surface area (Å²) in [5.41, 5.74) is 27.7. The Balaban J connectivity index is 0.940. The van der Waals surface area contributed by atoms with Crippen molar-refractivity contribution >= 4 is 33.5 Å². The van der Waals surface area contributed by atoms with Gasteiger partial charge in [-0.15, -0.1) is 0 Å². The molecule has 0 saturated carbocycles. The number of nitrogens with zero attached hydrogens (tertiary/aromatic N) is 12. The Hall–Kier alpha value is -9.81. The number of hydrogen-bond donors (Lipinski definition) is 0. The predicted molar refractivity (Wildman–Crippen MR) is 312 cm³/mol. The molecule has 7 aromatic carbocycles. The molecule has 0 amide bonds. The summed E-state index contributed by atoms with van der Waals surface area (Å²) >= 11 is 0. The summed E-state index contributed by atoms with van der Waals surface area (Å²) in [4.78, 5) is 42.4. The largest absolute Gasteiger partial charge is 0.289 e. The Morgan fingerprint density at radius 1 is 0.282 bits per heavy atom. The molecule has 0 fully saturated rings. The van der Waals surface area contributed by atoms with Gasteiger partial charge in [-0.1, -0.05) is 89.5 Å². The molecule has 6 heterocycles. The molecular formula is C66H54N12. The molecule has 6 aromatic heterocycles. The average Bonchev–Trinajstić information content (AvgIpc) is 4.34. The van der Waals surface area contributed by atoms with Crippen molar-refractivity contribution in [3.63, 3.8) is 0 Å². The maximum absolute atomic E-state index is 5.11.